The van der Waals surface area contributed by atoms with Crippen molar-refractivity contribution in [2.45, 2.75) is 6.54 Å². The van der Waals surface area contributed by atoms with Crippen LogP contribution in [0.4, 0.5) is 5.69 Å². The summed E-state index contributed by atoms with van der Waals surface area (Å²) in [4.78, 5) is 6.93. The molecule has 3 rings (SSSR count). The lowest BCUT2D eigenvalue weighted by molar-refractivity contribution is 0.896. The zero-order valence-electron chi connectivity index (χ0n) is 11.4. The summed E-state index contributed by atoms with van der Waals surface area (Å²) < 4.78 is 0. The van der Waals surface area contributed by atoms with Gasteiger partial charge in [-0.3, -0.25) is 0 Å². The fourth-order valence-corrected chi connectivity index (χ4v) is 2.93. The zero-order chi connectivity index (χ0) is 13.8. The summed E-state index contributed by atoms with van der Waals surface area (Å²) in [5, 5.41) is 3.23. The summed E-state index contributed by atoms with van der Waals surface area (Å²) in [5.41, 5.74) is 3.51. The first-order chi connectivity index (χ1) is 9.83. The van der Waals surface area contributed by atoms with Crippen LogP contribution in [0.3, 0.4) is 0 Å². The van der Waals surface area contributed by atoms with Crippen molar-refractivity contribution in [2.75, 3.05) is 11.9 Å². The van der Waals surface area contributed by atoms with Gasteiger partial charge in [-0.15, -0.1) is 11.3 Å². The van der Waals surface area contributed by atoms with Gasteiger partial charge in [0.2, 0.25) is 0 Å². The molecule has 0 N–H and O–H groups in total. The molecule has 0 atom stereocenters. The molecule has 0 saturated carbocycles. The Morgan fingerprint density at radius 2 is 1.60 bits per heavy atom. The molecule has 100 valence electrons. The molecule has 0 aliphatic carbocycles. The summed E-state index contributed by atoms with van der Waals surface area (Å²) in [5.74, 6) is 0. The molecule has 0 unspecified atom stereocenters. The maximum absolute atomic E-state index is 4.72. The van der Waals surface area contributed by atoms with Crippen molar-refractivity contribution in [3.8, 4) is 10.6 Å². The van der Waals surface area contributed by atoms with Crippen molar-refractivity contribution < 1.29 is 0 Å². The minimum absolute atomic E-state index is 0.827. The van der Waals surface area contributed by atoms with Gasteiger partial charge in [0.1, 0.15) is 5.01 Å². The van der Waals surface area contributed by atoms with Gasteiger partial charge in [0.15, 0.2) is 0 Å². The van der Waals surface area contributed by atoms with Crippen LogP contribution in [0.25, 0.3) is 10.6 Å². The molecule has 1 aromatic heterocycles. The molecule has 0 spiro atoms. The quantitative estimate of drug-likeness (QED) is 0.702. The van der Waals surface area contributed by atoms with Crippen LogP contribution in [-0.2, 0) is 6.54 Å². The highest BCUT2D eigenvalue weighted by atomic mass is 32.1. The van der Waals surface area contributed by atoms with Crippen LogP contribution in [-0.4, -0.2) is 12.0 Å². The topological polar surface area (TPSA) is 16.1 Å². The predicted octanol–water partition coefficient (Wildman–Crippen LogP) is 4.45. The maximum atomic E-state index is 4.72. The molecule has 20 heavy (non-hydrogen) atoms. The second-order valence-electron chi connectivity index (χ2n) is 4.70. The molecule has 0 bridgehead atoms. The van der Waals surface area contributed by atoms with Gasteiger partial charge >= 0.3 is 0 Å². The first-order valence-electron chi connectivity index (χ1n) is 6.59. The summed E-state index contributed by atoms with van der Waals surface area (Å²) in [6.45, 7) is 0.827. The normalized spacial score (nSPS) is 10.4. The monoisotopic (exact) mass is 280 g/mol. The van der Waals surface area contributed by atoms with Crippen molar-refractivity contribution >= 4 is 17.0 Å². The average Bonchev–Trinajstić information content (AvgIpc) is 2.97. The van der Waals surface area contributed by atoms with Crippen LogP contribution in [0.15, 0.2) is 66.0 Å². The fourth-order valence-electron chi connectivity index (χ4n) is 2.11. The van der Waals surface area contributed by atoms with Crippen molar-refractivity contribution in [2.24, 2.45) is 0 Å². The van der Waals surface area contributed by atoms with Crippen LogP contribution in [0.2, 0.25) is 0 Å². The Bertz CT molecular complexity index is 662. The lowest BCUT2D eigenvalue weighted by Crippen LogP contribution is -2.16. The van der Waals surface area contributed by atoms with E-state index in [1.54, 1.807) is 11.3 Å². The minimum Gasteiger partial charge on any atom is -0.369 e. The van der Waals surface area contributed by atoms with Gasteiger partial charge in [-0.2, -0.15) is 0 Å². The molecule has 0 saturated heterocycles. The van der Waals surface area contributed by atoms with Crippen molar-refractivity contribution in [1.82, 2.24) is 4.98 Å². The van der Waals surface area contributed by atoms with Crippen molar-refractivity contribution in [3.63, 3.8) is 0 Å². The standard InChI is InChI=1S/C17H16N2S/c1-19(16-10-6-3-7-11-16)12-15-13-20-17(18-15)14-8-4-2-5-9-14/h2-11,13H,12H2,1H3. The largest absolute Gasteiger partial charge is 0.369 e. The minimum atomic E-state index is 0.827. The third kappa shape index (κ3) is 2.89. The Kier molecular flexibility index (Phi) is 3.79. The molecule has 1 heterocycles. The van der Waals surface area contributed by atoms with E-state index in [4.69, 9.17) is 4.98 Å². The molecule has 0 fully saturated rings. The van der Waals surface area contributed by atoms with E-state index in [2.05, 4.69) is 53.7 Å². The van der Waals surface area contributed by atoms with Crippen LogP contribution >= 0.6 is 11.3 Å². The predicted molar refractivity (Wildman–Crippen MR) is 86.1 cm³/mol. The highest BCUT2D eigenvalue weighted by Gasteiger charge is 2.07. The number of thiazole rings is 1. The summed E-state index contributed by atoms with van der Waals surface area (Å²) in [7, 11) is 2.09. The van der Waals surface area contributed by atoms with Gasteiger partial charge in [-0.1, -0.05) is 48.5 Å². The van der Waals surface area contributed by atoms with E-state index in [0.717, 1.165) is 17.2 Å². The van der Waals surface area contributed by atoms with E-state index >= 15 is 0 Å². The van der Waals surface area contributed by atoms with E-state index < -0.39 is 0 Å². The van der Waals surface area contributed by atoms with Gasteiger partial charge in [0, 0.05) is 23.7 Å². The number of anilines is 1. The first kappa shape index (κ1) is 12.9. The molecule has 0 aliphatic heterocycles. The van der Waals surface area contributed by atoms with E-state index in [9.17, 15) is 0 Å². The Hall–Kier alpha value is -2.13. The molecule has 3 aromatic rings. The van der Waals surface area contributed by atoms with Crippen molar-refractivity contribution in [1.29, 1.82) is 0 Å². The third-order valence-electron chi connectivity index (χ3n) is 3.17. The fraction of sp³-hybridized carbons (Fsp3) is 0.118. The molecular formula is C17H16N2S. The molecule has 2 aromatic carbocycles. The first-order valence-corrected chi connectivity index (χ1v) is 7.47. The molecule has 0 radical (unpaired) electrons. The molecular weight excluding hydrogens is 264 g/mol. The van der Waals surface area contributed by atoms with Gasteiger partial charge in [0.05, 0.1) is 12.2 Å². The number of nitrogens with zero attached hydrogens (tertiary/aromatic N) is 2. The van der Waals surface area contributed by atoms with E-state index in [-0.39, 0.29) is 0 Å². The SMILES string of the molecule is CN(Cc1csc(-c2ccccc2)n1)c1ccccc1. The van der Waals surface area contributed by atoms with Crippen LogP contribution < -0.4 is 4.90 Å². The lowest BCUT2D eigenvalue weighted by Gasteiger charge is -2.17. The maximum Gasteiger partial charge on any atom is 0.123 e. The molecule has 2 nitrogen and oxygen atoms in total. The molecule has 0 aliphatic rings. The smallest absolute Gasteiger partial charge is 0.123 e. The Balaban J connectivity index is 1.75. The van der Waals surface area contributed by atoms with E-state index in [1.807, 2.05) is 24.3 Å². The van der Waals surface area contributed by atoms with Crippen molar-refractivity contribution in [3.05, 3.63) is 71.7 Å². The second kappa shape index (κ2) is 5.88. The summed E-state index contributed by atoms with van der Waals surface area (Å²) in [6.07, 6.45) is 0. The Labute approximate surface area is 123 Å². The highest BCUT2D eigenvalue weighted by Crippen LogP contribution is 2.24. The lowest BCUT2D eigenvalue weighted by atomic mass is 10.2. The number of para-hydroxylation sites is 1. The third-order valence-corrected chi connectivity index (χ3v) is 4.11. The number of rotatable bonds is 4. The van der Waals surface area contributed by atoms with Gasteiger partial charge in [0.25, 0.3) is 0 Å². The van der Waals surface area contributed by atoms with Gasteiger partial charge in [-0.05, 0) is 12.1 Å². The Morgan fingerprint density at radius 3 is 2.30 bits per heavy atom. The van der Waals surface area contributed by atoms with Gasteiger partial charge in [-0.25, -0.2) is 4.98 Å². The average molecular weight is 280 g/mol. The van der Waals surface area contributed by atoms with E-state index in [1.165, 1.54) is 11.3 Å². The van der Waals surface area contributed by atoms with Gasteiger partial charge < -0.3 is 4.90 Å². The number of hydrogen-bond acceptors (Lipinski definition) is 3. The Morgan fingerprint density at radius 1 is 0.950 bits per heavy atom. The molecule has 0 amide bonds. The number of aromatic nitrogens is 1. The number of benzene rings is 2. The van der Waals surface area contributed by atoms with Crippen LogP contribution in [0, 0.1) is 0 Å². The van der Waals surface area contributed by atoms with Crippen LogP contribution in [0.5, 0.6) is 0 Å². The summed E-state index contributed by atoms with van der Waals surface area (Å²) >= 11 is 1.70. The second-order valence-corrected chi connectivity index (χ2v) is 5.56. The molecule has 3 heteroatoms. The van der Waals surface area contributed by atoms with E-state index in [0.29, 0.717) is 0 Å². The van der Waals surface area contributed by atoms with Crippen LogP contribution in [0.1, 0.15) is 5.69 Å². The highest BCUT2D eigenvalue weighted by molar-refractivity contribution is 7.13. The zero-order valence-corrected chi connectivity index (χ0v) is 12.2. The number of hydrogen-bond donors (Lipinski definition) is 0. The summed E-state index contributed by atoms with van der Waals surface area (Å²) in [6, 6.07) is 20.7.